The molecule has 0 bridgehead atoms. The largest absolute Gasteiger partial charge is 0.497 e. The zero-order chi connectivity index (χ0) is 17.9. The van der Waals surface area contributed by atoms with E-state index in [0.717, 1.165) is 4.90 Å². The Hall–Kier alpha value is -2.57. The first kappa shape index (κ1) is 17.8. The smallest absolute Gasteiger partial charge is 0.325 e. The molecule has 130 valence electrons. The highest BCUT2D eigenvalue weighted by atomic mass is 16.5. The Morgan fingerprint density at radius 3 is 2.71 bits per heavy atom. The summed E-state index contributed by atoms with van der Waals surface area (Å²) in [5, 5.41) is 5.35. The number of hydrogen-bond donors (Lipinski definition) is 2. The topological polar surface area (TPSA) is 87.7 Å². The van der Waals surface area contributed by atoms with Gasteiger partial charge in [0.15, 0.2) is 0 Å². The van der Waals surface area contributed by atoms with E-state index in [1.54, 1.807) is 31.2 Å². The summed E-state index contributed by atoms with van der Waals surface area (Å²) in [5.41, 5.74) is -0.419. The van der Waals surface area contributed by atoms with Crippen molar-refractivity contribution in [2.75, 3.05) is 19.0 Å². The van der Waals surface area contributed by atoms with Gasteiger partial charge in [0.2, 0.25) is 5.91 Å². The van der Waals surface area contributed by atoms with Gasteiger partial charge >= 0.3 is 6.03 Å². The van der Waals surface area contributed by atoms with E-state index < -0.39 is 17.5 Å². The Morgan fingerprint density at radius 1 is 1.38 bits per heavy atom. The number of carbonyl (C=O) groups excluding carboxylic acids is 3. The highest BCUT2D eigenvalue weighted by Crippen LogP contribution is 2.25. The van der Waals surface area contributed by atoms with E-state index >= 15 is 0 Å². The lowest BCUT2D eigenvalue weighted by molar-refractivity contribution is -0.133. The second-order valence-electron chi connectivity index (χ2n) is 6.53. The third-order valence-corrected chi connectivity index (χ3v) is 3.82. The Morgan fingerprint density at radius 2 is 2.08 bits per heavy atom. The summed E-state index contributed by atoms with van der Waals surface area (Å²) >= 11 is 0. The molecule has 7 heteroatoms. The van der Waals surface area contributed by atoms with Crippen LogP contribution in [0.2, 0.25) is 0 Å². The summed E-state index contributed by atoms with van der Waals surface area (Å²) in [6.45, 7) is 5.31. The Balaban J connectivity index is 2.03. The lowest BCUT2D eigenvalue weighted by atomic mass is 9.91. The molecule has 1 saturated heterocycles. The zero-order valence-corrected chi connectivity index (χ0v) is 14.4. The maximum absolute atomic E-state index is 12.5. The number of imide groups is 1. The molecule has 1 fully saturated rings. The van der Waals surface area contributed by atoms with Gasteiger partial charge in [0.25, 0.3) is 5.91 Å². The van der Waals surface area contributed by atoms with Crippen molar-refractivity contribution in [3.05, 3.63) is 24.3 Å². The number of ether oxygens (including phenoxy) is 1. The third kappa shape index (κ3) is 3.84. The van der Waals surface area contributed by atoms with Crippen LogP contribution in [0.5, 0.6) is 5.75 Å². The van der Waals surface area contributed by atoms with E-state index in [-0.39, 0.29) is 18.4 Å². The van der Waals surface area contributed by atoms with Crippen molar-refractivity contribution in [2.24, 2.45) is 5.92 Å². The molecule has 0 unspecified atom stereocenters. The summed E-state index contributed by atoms with van der Waals surface area (Å²) in [5.74, 6) is 0.0275. The molecule has 1 aliphatic heterocycles. The number of nitrogens with zero attached hydrogens (tertiary/aromatic N) is 1. The van der Waals surface area contributed by atoms with E-state index in [0.29, 0.717) is 17.9 Å². The predicted molar refractivity (Wildman–Crippen MR) is 89.7 cm³/mol. The monoisotopic (exact) mass is 333 g/mol. The fourth-order valence-electron chi connectivity index (χ4n) is 2.89. The molecular formula is C17H23N3O4. The van der Waals surface area contributed by atoms with Crippen LogP contribution in [0.3, 0.4) is 0 Å². The van der Waals surface area contributed by atoms with Gasteiger partial charge in [0, 0.05) is 11.8 Å². The Bertz CT molecular complexity index is 659. The van der Waals surface area contributed by atoms with Gasteiger partial charge in [0.1, 0.15) is 17.8 Å². The number of benzene rings is 1. The molecule has 7 nitrogen and oxygen atoms in total. The number of rotatable bonds is 6. The lowest BCUT2D eigenvalue weighted by Gasteiger charge is -2.23. The molecule has 0 radical (unpaired) electrons. The summed E-state index contributed by atoms with van der Waals surface area (Å²) in [6.07, 6.45) is 0.519. The van der Waals surface area contributed by atoms with E-state index in [2.05, 4.69) is 10.6 Å². The van der Waals surface area contributed by atoms with Crippen molar-refractivity contribution in [1.82, 2.24) is 10.2 Å². The fraction of sp³-hybridized carbons (Fsp3) is 0.471. The number of anilines is 1. The SMILES string of the molecule is COc1cccc(NC(=O)CN2C(=O)N[C@](C)(CC(C)C)C2=O)c1. The van der Waals surface area contributed by atoms with Gasteiger partial charge in [-0.05, 0) is 31.4 Å². The maximum atomic E-state index is 12.5. The average molecular weight is 333 g/mol. The predicted octanol–water partition coefficient (Wildman–Crippen LogP) is 1.99. The molecule has 1 aliphatic rings. The van der Waals surface area contributed by atoms with Crippen LogP contribution in [-0.2, 0) is 9.59 Å². The molecular weight excluding hydrogens is 310 g/mol. The Kier molecular flexibility index (Phi) is 5.11. The molecule has 24 heavy (non-hydrogen) atoms. The molecule has 2 N–H and O–H groups in total. The number of amides is 4. The standard InChI is InChI=1S/C17H23N3O4/c1-11(2)9-17(3)15(22)20(16(23)19-17)10-14(21)18-12-6-5-7-13(8-12)24-4/h5-8,11H,9-10H2,1-4H3,(H,18,21)(H,19,23)/t17-/m1/s1. The summed E-state index contributed by atoms with van der Waals surface area (Å²) in [6, 6.07) is 6.32. The third-order valence-electron chi connectivity index (χ3n) is 3.82. The van der Waals surface area contributed by atoms with Crippen LogP contribution < -0.4 is 15.4 Å². The van der Waals surface area contributed by atoms with Crippen molar-refractivity contribution in [2.45, 2.75) is 32.7 Å². The van der Waals surface area contributed by atoms with Gasteiger partial charge in [-0.15, -0.1) is 0 Å². The van der Waals surface area contributed by atoms with Crippen LogP contribution in [0, 0.1) is 5.92 Å². The number of methoxy groups -OCH3 is 1. The van der Waals surface area contributed by atoms with Crippen molar-refractivity contribution in [3.63, 3.8) is 0 Å². The van der Waals surface area contributed by atoms with E-state index in [1.165, 1.54) is 7.11 Å². The number of urea groups is 1. The minimum Gasteiger partial charge on any atom is -0.497 e. The van der Waals surface area contributed by atoms with Gasteiger partial charge in [-0.3, -0.25) is 14.5 Å². The first-order chi connectivity index (χ1) is 11.2. The molecule has 1 aromatic rings. The first-order valence-electron chi connectivity index (χ1n) is 7.83. The lowest BCUT2D eigenvalue weighted by Crippen LogP contribution is -2.45. The van der Waals surface area contributed by atoms with Gasteiger partial charge in [-0.2, -0.15) is 0 Å². The highest BCUT2D eigenvalue weighted by Gasteiger charge is 2.48. The second kappa shape index (κ2) is 6.90. The summed E-state index contributed by atoms with van der Waals surface area (Å²) < 4.78 is 5.09. The zero-order valence-electron chi connectivity index (χ0n) is 14.4. The molecule has 0 aliphatic carbocycles. The van der Waals surface area contributed by atoms with Crippen LogP contribution in [0.1, 0.15) is 27.2 Å². The molecule has 1 atom stereocenters. The van der Waals surface area contributed by atoms with Crippen LogP contribution in [-0.4, -0.2) is 41.9 Å². The molecule has 1 heterocycles. The average Bonchev–Trinajstić information content (AvgIpc) is 2.70. The number of nitrogens with one attached hydrogen (secondary N) is 2. The van der Waals surface area contributed by atoms with Crippen LogP contribution >= 0.6 is 0 Å². The summed E-state index contributed by atoms with van der Waals surface area (Å²) in [7, 11) is 1.53. The van der Waals surface area contributed by atoms with Crippen LogP contribution in [0.15, 0.2) is 24.3 Å². The molecule has 1 aromatic carbocycles. The number of carbonyl (C=O) groups is 3. The van der Waals surface area contributed by atoms with Gasteiger partial charge in [-0.1, -0.05) is 19.9 Å². The molecule has 0 saturated carbocycles. The summed E-state index contributed by atoms with van der Waals surface area (Å²) in [4.78, 5) is 37.7. The minimum absolute atomic E-state index is 0.241. The molecule has 0 aromatic heterocycles. The maximum Gasteiger partial charge on any atom is 0.325 e. The van der Waals surface area contributed by atoms with Crippen LogP contribution in [0.4, 0.5) is 10.5 Å². The minimum atomic E-state index is -0.957. The highest BCUT2D eigenvalue weighted by molar-refractivity contribution is 6.09. The van der Waals surface area contributed by atoms with Crippen LogP contribution in [0.25, 0.3) is 0 Å². The van der Waals surface area contributed by atoms with Crippen molar-refractivity contribution in [3.8, 4) is 5.75 Å². The number of hydrogen-bond acceptors (Lipinski definition) is 4. The van der Waals surface area contributed by atoms with E-state index in [9.17, 15) is 14.4 Å². The molecule has 0 spiro atoms. The van der Waals surface area contributed by atoms with Gasteiger partial charge < -0.3 is 15.4 Å². The molecule has 2 rings (SSSR count). The first-order valence-corrected chi connectivity index (χ1v) is 7.83. The van der Waals surface area contributed by atoms with Crippen molar-refractivity contribution >= 4 is 23.5 Å². The van der Waals surface area contributed by atoms with E-state index in [4.69, 9.17) is 4.74 Å². The second-order valence-corrected chi connectivity index (χ2v) is 6.53. The Labute approximate surface area is 141 Å². The van der Waals surface area contributed by atoms with E-state index in [1.807, 2.05) is 13.8 Å². The normalized spacial score (nSPS) is 20.3. The fourth-order valence-corrected chi connectivity index (χ4v) is 2.89. The quantitative estimate of drug-likeness (QED) is 0.779. The van der Waals surface area contributed by atoms with Gasteiger partial charge in [0.05, 0.1) is 7.11 Å². The molecule has 4 amide bonds. The van der Waals surface area contributed by atoms with Crippen molar-refractivity contribution < 1.29 is 19.1 Å². The van der Waals surface area contributed by atoms with Gasteiger partial charge in [-0.25, -0.2) is 4.79 Å². The van der Waals surface area contributed by atoms with Crippen molar-refractivity contribution in [1.29, 1.82) is 0 Å².